The summed E-state index contributed by atoms with van der Waals surface area (Å²) in [4.78, 5) is 5.16. The largest absolute Gasteiger partial charge is 0.330 e. The zero-order chi connectivity index (χ0) is 12.2. The number of nitrogens with zero attached hydrogens (tertiary/aromatic N) is 2. The van der Waals surface area contributed by atoms with Crippen LogP contribution in [0, 0.1) is 5.41 Å². The third-order valence-electron chi connectivity index (χ3n) is 3.83. The average molecular weight is 227 g/mol. The molecule has 0 aromatic rings. The highest BCUT2D eigenvalue weighted by atomic mass is 15.3. The predicted octanol–water partition coefficient (Wildman–Crippen LogP) is 1.39. The minimum atomic E-state index is 0.262. The lowest BCUT2D eigenvalue weighted by molar-refractivity contribution is 0.0768. The maximum atomic E-state index is 5.78. The predicted molar refractivity (Wildman–Crippen MR) is 70.6 cm³/mol. The third-order valence-corrected chi connectivity index (χ3v) is 3.83. The first-order valence-electron chi connectivity index (χ1n) is 6.65. The summed E-state index contributed by atoms with van der Waals surface area (Å²) in [5.41, 5.74) is 6.05. The molecule has 16 heavy (non-hydrogen) atoms. The first kappa shape index (κ1) is 13.9. The molecular formula is C13H29N3. The van der Waals surface area contributed by atoms with Crippen molar-refractivity contribution in [3.8, 4) is 0 Å². The second-order valence-electron chi connectivity index (χ2n) is 5.94. The van der Waals surface area contributed by atoms with Gasteiger partial charge in [0.1, 0.15) is 0 Å². The van der Waals surface area contributed by atoms with Crippen LogP contribution in [0.1, 0.15) is 34.1 Å². The lowest BCUT2D eigenvalue weighted by atomic mass is 9.93. The van der Waals surface area contributed by atoms with E-state index >= 15 is 0 Å². The molecular weight excluding hydrogens is 198 g/mol. The van der Waals surface area contributed by atoms with Crippen LogP contribution >= 0.6 is 0 Å². The van der Waals surface area contributed by atoms with Crippen LogP contribution in [0.25, 0.3) is 0 Å². The van der Waals surface area contributed by atoms with E-state index in [1.54, 1.807) is 0 Å². The Morgan fingerprint density at radius 2 is 1.75 bits per heavy atom. The molecule has 1 saturated heterocycles. The van der Waals surface area contributed by atoms with Crippen LogP contribution in [-0.2, 0) is 0 Å². The summed E-state index contributed by atoms with van der Waals surface area (Å²) in [6.45, 7) is 15.9. The molecule has 0 aliphatic carbocycles. The molecule has 0 spiro atoms. The molecule has 1 rings (SSSR count). The first-order chi connectivity index (χ1) is 7.48. The van der Waals surface area contributed by atoms with Gasteiger partial charge in [-0.2, -0.15) is 0 Å². The van der Waals surface area contributed by atoms with Gasteiger partial charge in [0.05, 0.1) is 0 Å². The summed E-state index contributed by atoms with van der Waals surface area (Å²) in [6, 6.07) is 0.740. The summed E-state index contributed by atoms with van der Waals surface area (Å²) < 4.78 is 0. The summed E-state index contributed by atoms with van der Waals surface area (Å²) in [6.07, 6.45) is 1.26. The monoisotopic (exact) mass is 227 g/mol. The number of nitrogens with two attached hydrogens (primary N) is 1. The molecule has 0 bridgehead atoms. The van der Waals surface area contributed by atoms with Gasteiger partial charge in [0.15, 0.2) is 0 Å². The highest BCUT2D eigenvalue weighted by Gasteiger charge is 2.24. The molecule has 96 valence electrons. The zero-order valence-corrected chi connectivity index (χ0v) is 11.5. The van der Waals surface area contributed by atoms with Gasteiger partial charge >= 0.3 is 0 Å². The molecule has 3 nitrogen and oxygen atoms in total. The molecule has 0 aromatic carbocycles. The smallest absolute Gasteiger partial charge is 0.0113 e. The van der Waals surface area contributed by atoms with Crippen molar-refractivity contribution in [2.75, 3.05) is 39.3 Å². The van der Waals surface area contributed by atoms with Crippen LogP contribution in [0.3, 0.4) is 0 Å². The Labute approximate surface area is 101 Å². The van der Waals surface area contributed by atoms with Crippen molar-refractivity contribution in [3.63, 3.8) is 0 Å². The normalized spacial score (nSPS) is 22.3. The van der Waals surface area contributed by atoms with Gasteiger partial charge in [0.2, 0.25) is 0 Å². The Morgan fingerprint density at radius 3 is 2.19 bits per heavy atom. The number of hydrogen-bond donors (Lipinski definition) is 1. The van der Waals surface area contributed by atoms with Crippen LogP contribution in [0.5, 0.6) is 0 Å². The molecule has 0 saturated carbocycles. The Morgan fingerprint density at radius 1 is 1.19 bits per heavy atom. The summed E-state index contributed by atoms with van der Waals surface area (Å²) >= 11 is 0. The molecule has 1 atom stereocenters. The van der Waals surface area contributed by atoms with Gasteiger partial charge < -0.3 is 10.6 Å². The lowest BCUT2D eigenvalue weighted by Gasteiger charge is -2.40. The van der Waals surface area contributed by atoms with Gasteiger partial charge in [-0.3, -0.25) is 4.90 Å². The minimum Gasteiger partial charge on any atom is -0.330 e. The van der Waals surface area contributed by atoms with Crippen molar-refractivity contribution in [2.24, 2.45) is 11.1 Å². The third kappa shape index (κ3) is 4.04. The van der Waals surface area contributed by atoms with Crippen molar-refractivity contribution in [1.82, 2.24) is 9.80 Å². The topological polar surface area (TPSA) is 32.5 Å². The van der Waals surface area contributed by atoms with Crippen molar-refractivity contribution in [1.29, 1.82) is 0 Å². The first-order valence-corrected chi connectivity index (χ1v) is 6.65. The Kier molecular flexibility index (Phi) is 5.22. The minimum absolute atomic E-state index is 0.262. The van der Waals surface area contributed by atoms with E-state index in [1.165, 1.54) is 32.6 Å². The van der Waals surface area contributed by atoms with Crippen molar-refractivity contribution in [2.45, 2.75) is 40.2 Å². The molecule has 1 aliphatic rings. The highest BCUT2D eigenvalue weighted by Crippen LogP contribution is 2.17. The fourth-order valence-corrected chi connectivity index (χ4v) is 2.29. The molecule has 3 heteroatoms. The van der Waals surface area contributed by atoms with Gasteiger partial charge in [0.25, 0.3) is 0 Å². The van der Waals surface area contributed by atoms with Gasteiger partial charge in [-0.05, 0) is 25.3 Å². The van der Waals surface area contributed by atoms with E-state index in [9.17, 15) is 0 Å². The van der Waals surface area contributed by atoms with Gasteiger partial charge in [0, 0.05) is 38.8 Å². The fourth-order valence-electron chi connectivity index (χ4n) is 2.29. The van der Waals surface area contributed by atoms with E-state index in [2.05, 4.69) is 37.5 Å². The van der Waals surface area contributed by atoms with E-state index in [4.69, 9.17) is 5.73 Å². The van der Waals surface area contributed by atoms with E-state index in [0.717, 1.165) is 19.1 Å². The number of hydrogen-bond acceptors (Lipinski definition) is 3. The van der Waals surface area contributed by atoms with Crippen LogP contribution in [-0.4, -0.2) is 55.1 Å². The zero-order valence-electron chi connectivity index (χ0n) is 11.5. The molecule has 0 radical (unpaired) electrons. The van der Waals surface area contributed by atoms with Gasteiger partial charge in [-0.15, -0.1) is 0 Å². The van der Waals surface area contributed by atoms with Crippen LogP contribution in [0.15, 0.2) is 0 Å². The van der Waals surface area contributed by atoms with Gasteiger partial charge in [-0.1, -0.05) is 20.8 Å². The Balaban J connectivity index is 2.32. The standard InChI is InChI=1S/C13H29N3/c1-5-12(2)16-8-6-15(7-9-16)11-13(3,4)10-14/h12H,5-11,14H2,1-4H3. The Bertz CT molecular complexity index is 195. The average Bonchev–Trinajstić information content (AvgIpc) is 2.28. The van der Waals surface area contributed by atoms with Crippen molar-refractivity contribution in [3.05, 3.63) is 0 Å². The summed E-state index contributed by atoms with van der Waals surface area (Å²) in [5.74, 6) is 0. The molecule has 1 unspecified atom stereocenters. The van der Waals surface area contributed by atoms with Crippen LogP contribution in [0.2, 0.25) is 0 Å². The van der Waals surface area contributed by atoms with Crippen LogP contribution in [0.4, 0.5) is 0 Å². The number of rotatable bonds is 5. The van der Waals surface area contributed by atoms with Crippen molar-refractivity contribution >= 4 is 0 Å². The van der Waals surface area contributed by atoms with E-state index in [1.807, 2.05) is 0 Å². The van der Waals surface area contributed by atoms with Gasteiger partial charge in [-0.25, -0.2) is 0 Å². The van der Waals surface area contributed by atoms with E-state index < -0.39 is 0 Å². The SMILES string of the molecule is CCC(C)N1CCN(CC(C)(C)CN)CC1. The quantitative estimate of drug-likeness (QED) is 0.770. The second kappa shape index (κ2) is 5.99. The van der Waals surface area contributed by atoms with E-state index in [-0.39, 0.29) is 5.41 Å². The number of piperazine rings is 1. The maximum Gasteiger partial charge on any atom is 0.0113 e. The highest BCUT2D eigenvalue weighted by molar-refractivity contribution is 4.80. The molecule has 2 N–H and O–H groups in total. The Hall–Kier alpha value is -0.120. The molecule has 0 aromatic heterocycles. The maximum absolute atomic E-state index is 5.78. The van der Waals surface area contributed by atoms with Crippen molar-refractivity contribution < 1.29 is 0 Å². The molecule has 1 aliphatic heterocycles. The van der Waals surface area contributed by atoms with E-state index in [0.29, 0.717) is 0 Å². The molecule has 1 heterocycles. The summed E-state index contributed by atoms with van der Waals surface area (Å²) in [5, 5.41) is 0. The molecule has 0 amide bonds. The van der Waals surface area contributed by atoms with Crippen LogP contribution < -0.4 is 5.73 Å². The lowest BCUT2D eigenvalue weighted by Crippen LogP contribution is -2.52. The molecule has 1 fully saturated rings. The summed E-state index contributed by atoms with van der Waals surface area (Å²) in [7, 11) is 0. The fraction of sp³-hybridized carbons (Fsp3) is 1.00. The second-order valence-corrected chi connectivity index (χ2v) is 5.94.